The maximum atomic E-state index is 12.9. The van der Waals surface area contributed by atoms with Gasteiger partial charge in [-0.3, -0.25) is 4.79 Å². The summed E-state index contributed by atoms with van der Waals surface area (Å²) in [5, 5.41) is 12.9. The van der Waals surface area contributed by atoms with Crippen LogP contribution in [0.5, 0.6) is 0 Å². The molecule has 8 heteroatoms. The molecule has 0 fully saturated rings. The van der Waals surface area contributed by atoms with E-state index in [9.17, 15) is 19.5 Å². The Morgan fingerprint density at radius 3 is 2.16 bits per heavy atom. The van der Waals surface area contributed by atoms with Gasteiger partial charge in [0, 0.05) is 26.9 Å². The highest BCUT2D eigenvalue weighted by atomic mass is 33.1. The summed E-state index contributed by atoms with van der Waals surface area (Å²) < 4.78 is 5.11. The molecule has 31 heavy (non-hydrogen) atoms. The predicted molar refractivity (Wildman–Crippen MR) is 122 cm³/mol. The molecule has 0 radical (unpaired) electrons. The normalized spacial score (nSPS) is 10.7. The van der Waals surface area contributed by atoms with E-state index in [1.807, 2.05) is 12.1 Å². The van der Waals surface area contributed by atoms with Gasteiger partial charge in [-0.15, -0.1) is 0 Å². The first kappa shape index (κ1) is 20.8. The molecule has 0 spiro atoms. The first-order valence-electron chi connectivity index (χ1n) is 9.12. The minimum Gasteiger partial charge on any atom is -0.478 e. The maximum absolute atomic E-state index is 12.9. The van der Waals surface area contributed by atoms with Gasteiger partial charge in [0.2, 0.25) is 0 Å². The number of fused-ring (bicyclic) bond motifs is 1. The number of amides is 1. The number of aromatic carboxylic acids is 1. The summed E-state index contributed by atoms with van der Waals surface area (Å²) in [5.41, 5.74) is 1.25. The van der Waals surface area contributed by atoms with E-state index in [4.69, 9.17) is 4.42 Å². The van der Waals surface area contributed by atoms with E-state index < -0.39 is 11.6 Å². The quantitative estimate of drug-likeness (QED) is 0.294. The summed E-state index contributed by atoms with van der Waals surface area (Å²) in [6.45, 7) is 0. The average Bonchev–Trinajstić information content (AvgIpc) is 2.78. The van der Waals surface area contributed by atoms with Crippen molar-refractivity contribution in [1.29, 1.82) is 0 Å². The third-order valence-corrected chi connectivity index (χ3v) is 6.83. The van der Waals surface area contributed by atoms with Crippen LogP contribution in [0.25, 0.3) is 11.0 Å². The van der Waals surface area contributed by atoms with Crippen LogP contribution >= 0.6 is 21.6 Å². The van der Waals surface area contributed by atoms with Gasteiger partial charge in [0.15, 0.2) is 0 Å². The molecule has 3 aromatic carbocycles. The number of benzene rings is 3. The first-order chi connectivity index (χ1) is 15.0. The van der Waals surface area contributed by atoms with Crippen LogP contribution in [0, 0.1) is 0 Å². The predicted octanol–water partition coefficient (Wildman–Crippen LogP) is 5.54. The van der Waals surface area contributed by atoms with E-state index in [0.29, 0.717) is 32.0 Å². The minimum atomic E-state index is -0.998. The van der Waals surface area contributed by atoms with Crippen LogP contribution in [0.1, 0.15) is 20.7 Å². The number of carboxylic acid groups (broad SMARTS) is 1. The Hall–Kier alpha value is -3.49. The molecular formula is C23H15NO5S2. The van der Waals surface area contributed by atoms with E-state index >= 15 is 0 Å². The van der Waals surface area contributed by atoms with Gasteiger partial charge in [0.1, 0.15) is 5.58 Å². The summed E-state index contributed by atoms with van der Waals surface area (Å²) in [7, 11) is 2.60. The second-order valence-corrected chi connectivity index (χ2v) is 8.64. The Kier molecular flexibility index (Phi) is 6.11. The summed E-state index contributed by atoms with van der Waals surface area (Å²) in [4.78, 5) is 36.9. The van der Waals surface area contributed by atoms with Crippen molar-refractivity contribution in [3.05, 3.63) is 100 Å². The molecule has 4 rings (SSSR count). The summed E-state index contributed by atoms with van der Waals surface area (Å²) in [5.74, 6) is -1.30. The highest BCUT2D eigenvalue weighted by molar-refractivity contribution is 8.76. The molecule has 0 unspecified atom stereocenters. The average molecular weight is 450 g/mol. The van der Waals surface area contributed by atoms with E-state index in [2.05, 4.69) is 5.32 Å². The molecule has 0 saturated carbocycles. The van der Waals surface area contributed by atoms with Gasteiger partial charge in [-0.05, 0) is 48.5 Å². The highest BCUT2D eigenvalue weighted by Gasteiger charge is 2.15. The molecule has 2 N–H and O–H groups in total. The van der Waals surface area contributed by atoms with Gasteiger partial charge in [-0.25, -0.2) is 9.59 Å². The van der Waals surface area contributed by atoms with Gasteiger partial charge >= 0.3 is 11.6 Å². The van der Waals surface area contributed by atoms with Crippen LogP contribution in [0.4, 0.5) is 5.69 Å². The Labute approximate surface area is 184 Å². The number of hydrogen-bond donors (Lipinski definition) is 2. The van der Waals surface area contributed by atoms with Crippen molar-refractivity contribution >= 4 is 50.1 Å². The third-order valence-electron chi connectivity index (χ3n) is 4.35. The Morgan fingerprint density at radius 1 is 0.806 bits per heavy atom. The molecule has 1 amide bonds. The van der Waals surface area contributed by atoms with Crippen molar-refractivity contribution in [2.45, 2.75) is 9.79 Å². The number of carboxylic acids is 1. The first-order valence-corrected chi connectivity index (χ1v) is 11.3. The number of rotatable bonds is 6. The lowest BCUT2D eigenvalue weighted by atomic mass is 10.2. The molecule has 4 aromatic rings. The highest BCUT2D eigenvalue weighted by Crippen LogP contribution is 2.40. The van der Waals surface area contributed by atoms with Gasteiger partial charge < -0.3 is 14.8 Å². The largest absolute Gasteiger partial charge is 0.478 e. The standard InChI is InChI=1S/C23H15NO5S2/c25-21-12-9-14-13-15(10-11-18(14)29-21)24-22(26)16-5-1-3-7-19(16)30-31-20-8-4-2-6-17(20)23(27)28/h1-13H,(H,24,26)(H,27,28). The molecule has 154 valence electrons. The lowest BCUT2D eigenvalue weighted by Gasteiger charge is -2.11. The van der Waals surface area contributed by atoms with Crippen LogP contribution in [-0.4, -0.2) is 17.0 Å². The molecule has 0 aliphatic heterocycles. The molecule has 0 atom stereocenters. The van der Waals surface area contributed by atoms with Crippen molar-refractivity contribution in [3.63, 3.8) is 0 Å². The van der Waals surface area contributed by atoms with E-state index in [0.717, 1.165) is 0 Å². The van der Waals surface area contributed by atoms with Crippen molar-refractivity contribution < 1.29 is 19.1 Å². The van der Waals surface area contributed by atoms with Crippen LogP contribution in [-0.2, 0) is 0 Å². The number of carbonyl (C=O) groups excluding carboxylic acids is 1. The van der Waals surface area contributed by atoms with Gasteiger partial charge in [-0.1, -0.05) is 45.9 Å². The smallest absolute Gasteiger partial charge is 0.336 e. The molecule has 0 saturated heterocycles. The lowest BCUT2D eigenvalue weighted by molar-refractivity contribution is 0.0693. The maximum Gasteiger partial charge on any atom is 0.336 e. The number of nitrogens with one attached hydrogen (secondary N) is 1. The van der Waals surface area contributed by atoms with Crippen LogP contribution in [0.3, 0.4) is 0 Å². The monoisotopic (exact) mass is 449 g/mol. The van der Waals surface area contributed by atoms with E-state index in [1.54, 1.807) is 60.7 Å². The summed E-state index contributed by atoms with van der Waals surface area (Å²) in [6, 6.07) is 21.8. The SMILES string of the molecule is O=C(O)c1ccccc1SSc1ccccc1C(=O)Nc1ccc2oc(=O)ccc2c1. The minimum absolute atomic E-state index is 0.213. The fraction of sp³-hybridized carbons (Fsp3) is 0. The number of carbonyl (C=O) groups is 2. The van der Waals surface area contributed by atoms with E-state index in [1.165, 1.54) is 27.7 Å². The third kappa shape index (κ3) is 4.82. The number of anilines is 1. The van der Waals surface area contributed by atoms with Crippen LogP contribution in [0.15, 0.2) is 97.9 Å². The molecule has 1 heterocycles. The zero-order valence-corrected chi connectivity index (χ0v) is 17.5. The van der Waals surface area contributed by atoms with Crippen molar-refractivity contribution in [2.75, 3.05) is 5.32 Å². The Bertz CT molecular complexity index is 1350. The zero-order valence-electron chi connectivity index (χ0n) is 15.9. The molecule has 0 aliphatic carbocycles. The van der Waals surface area contributed by atoms with Gasteiger partial charge in [0.05, 0.1) is 11.1 Å². The zero-order chi connectivity index (χ0) is 21.8. The molecular weight excluding hydrogens is 434 g/mol. The second kappa shape index (κ2) is 9.11. The van der Waals surface area contributed by atoms with Crippen molar-refractivity contribution in [2.24, 2.45) is 0 Å². The fourth-order valence-corrected chi connectivity index (χ4v) is 5.23. The van der Waals surface area contributed by atoms with Crippen molar-refractivity contribution in [3.8, 4) is 0 Å². The van der Waals surface area contributed by atoms with E-state index in [-0.39, 0.29) is 11.5 Å². The van der Waals surface area contributed by atoms with Crippen LogP contribution < -0.4 is 10.9 Å². The Morgan fingerprint density at radius 2 is 1.45 bits per heavy atom. The summed E-state index contributed by atoms with van der Waals surface area (Å²) in [6.07, 6.45) is 0. The fourth-order valence-electron chi connectivity index (χ4n) is 2.88. The molecule has 1 aromatic heterocycles. The van der Waals surface area contributed by atoms with Gasteiger partial charge in [-0.2, -0.15) is 0 Å². The summed E-state index contributed by atoms with van der Waals surface area (Å²) >= 11 is 0. The number of hydrogen-bond acceptors (Lipinski definition) is 6. The van der Waals surface area contributed by atoms with Crippen molar-refractivity contribution in [1.82, 2.24) is 0 Å². The lowest BCUT2D eigenvalue weighted by Crippen LogP contribution is -2.12. The molecule has 0 aliphatic rings. The Balaban J connectivity index is 1.54. The topological polar surface area (TPSA) is 96.6 Å². The molecule has 6 nitrogen and oxygen atoms in total. The van der Waals surface area contributed by atoms with Crippen LogP contribution in [0.2, 0.25) is 0 Å². The second-order valence-electron chi connectivity index (χ2n) is 6.43. The molecule has 0 bridgehead atoms. The van der Waals surface area contributed by atoms with Gasteiger partial charge in [0.25, 0.3) is 5.91 Å².